The van der Waals surface area contributed by atoms with Crippen LogP contribution in [0.15, 0.2) is 12.1 Å². The van der Waals surface area contributed by atoms with Crippen LogP contribution in [0.1, 0.15) is 43.4 Å². The molecule has 0 bridgehead atoms. The minimum Gasteiger partial charge on any atom is -0.464 e. The zero-order chi connectivity index (χ0) is 19.3. The topological polar surface area (TPSA) is 80.8 Å². The quantitative estimate of drug-likeness (QED) is 0.822. The predicted molar refractivity (Wildman–Crippen MR) is 93.5 cm³/mol. The van der Waals surface area contributed by atoms with Gasteiger partial charge in [0.2, 0.25) is 0 Å². The molecule has 0 spiro atoms. The Balaban J connectivity index is 1.95. The number of hydrogen-bond donors (Lipinski definition) is 1. The molecule has 1 aliphatic heterocycles. The van der Waals surface area contributed by atoms with E-state index in [0.717, 1.165) is 0 Å². The van der Waals surface area contributed by atoms with Gasteiger partial charge >= 0.3 is 12.1 Å². The summed E-state index contributed by atoms with van der Waals surface area (Å²) in [6, 6.07) is 2.52. The van der Waals surface area contributed by atoms with Crippen molar-refractivity contribution in [3.8, 4) is 0 Å². The average Bonchev–Trinajstić information content (AvgIpc) is 2.59. The van der Waals surface area contributed by atoms with Crippen molar-refractivity contribution in [1.29, 1.82) is 0 Å². The normalized spacial score (nSPS) is 17.7. The fourth-order valence-corrected chi connectivity index (χ4v) is 2.70. The Morgan fingerprint density at radius 3 is 2.77 bits per heavy atom. The number of nitrogens with zero attached hydrogens (tertiary/aromatic N) is 2. The van der Waals surface area contributed by atoms with Crippen molar-refractivity contribution in [2.45, 2.75) is 45.3 Å². The smallest absolute Gasteiger partial charge is 0.410 e. The van der Waals surface area contributed by atoms with Crippen molar-refractivity contribution in [1.82, 2.24) is 15.2 Å². The SMILES string of the molecule is COC(=O)c1ccc(F)c(CC[C@@H]2CN(C(=O)OC(C)(C)C)CCN2)n1. The van der Waals surface area contributed by atoms with Crippen molar-refractivity contribution >= 4 is 12.1 Å². The number of piperazine rings is 1. The molecule has 0 radical (unpaired) electrons. The Hall–Kier alpha value is -2.22. The molecule has 7 nitrogen and oxygen atoms in total. The third-order valence-corrected chi connectivity index (χ3v) is 3.95. The van der Waals surface area contributed by atoms with E-state index >= 15 is 0 Å². The first-order valence-corrected chi connectivity index (χ1v) is 8.64. The van der Waals surface area contributed by atoms with E-state index in [1.54, 1.807) is 4.90 Å². The van der Waals surface area contributed by atoms with E-state index < -0.39 is 17.4 Å². The first-order valence-electron chi connectivity index (χ1n) is 8.64. The Labute approximate surface area is 152 Å². The number of esters is 1. The lowest BCUT2D eigenvalue weighted by Crippen LogP contribution is -2.53. The number of aryl methyl sites for hydroxylation is 1. The maximum absolute atomic E-state index is 14.0. The Morgan fingerprint density at radius 1 is 1.38 bits per heavy atom. The van der Waals surface area contributed by atoms with E-state index in [4.69, 9.17) is 4.74 Å². The summed E-state index contributed by atoms with van der Waals surface area (Å²) in [4.78, 5) is 29.4. The van der Waals surface area contributed by atoms with Gasteiger partial charge in [-0.3, -0.25) is 0 Å². The van der Waals surface area contributed by atoms with Gasteiger partial charge in [-0.05, 0) is 45.7 Å². The van der Waals surface area contributed by atoms with Crippen molar-refractivity contribution in [3.05, 3.63) is 29.3 Å². The summed E-state index contributed by atoms with van der Waals surface area (Å²) in [6.45, 7) is 7.17. The monoisotopic (exact) mass is 367 g/mol. The van der Waals surface area contributed by atoms with Gasteiger partial charge in [0.25, 0.3) is 0 Å². The highest BCUT2D eigenvalue weighted by molar-refractivity contribution is 5.87. The number of rotatable bonds is 4. The van der Waals surface area contributed by atoms with Crippen LogP contribution in [0, 0.1) is 5.82 Å². The molecule has 1 saturated heterocycles. The first-order chi connectivity index (χ1) is 12.2. The van der Waals surface area contributed by atoms with Gasteiger partial charge in [0.05, 0.1) is 12.8 Å². The fourth-order valence-electron chi connectivity index (χ4n) is 2.70. The Kier molecular flexibility index (Phi) is 6.52. The zero-order valence-corrected chi connectivity index (χ0v) is 15.7. The molecule has 0 aliphatic carbocycles. The van der Waals surface area contributed by atoms with Crippen LogP contribution in [0.2, 0.25) is 0 Å². The molecule has 1 aliphatic rings. The molecule has 0 saturated carbocycles. The lowest BCUT2D eigenvalue weighted by molar-refractivity contribution is 0.0192. The van der Waals surface area contributed by atoms with Gasteiger partial charge in [-0.25, -0.2) is 19.0 Å². The molecule has 1 atom stereocenters. The van der Waals surface area contributed by atoms with E-state index in [2.05, 4.69) is 15.0 Å². The zero-order valence-electron chi connectivity index (χ0n) is 15.7. The van der Waals surface area contributed by atoms with Crippen LogP contribution in [0.5, 0.6) is 0 Å². The number of methoxy groups -OCH3 is 1. The lowest BCUT2D eigenvalue weighted by Gasteiger charge is -2.35. The summed E-state index contributed by atoms with van der Waals surface area (Å²) < 4.78 is 24.0. The van der Waals surface area contributed by atoms with Crippen LogP contribution in [0.3, 0.4) is 0 Å². The van der Waals surface area contributed by atoms with Crippen LogP contribution in [0.4, 0.5) is 9.18 Å². The Morgan fingerprint density at radius 2 is 2.12 bits per heavy atom. The number of ether oxygens (including phenoxy) is 2. The minimum absolute atomic E-state index is 0.000693. The standard InChI is InChI=1S/C18H26FN3O4/c1-18(2,3)26-17(24)22-10-9-20-12(11-22)5-7-14-13(19)6-8-15(21-14)16(23)25-4/h6,8,12,20H,5,7,9-11H2,1-4H3/t12-/m1/s1. The molecule has 1 aromatic heterocycles. The summed E-state index contributed by atoms with van der Waals surface area (Å²) in [5.74, 6) is -1.06. The molecule has 26 heavy (non-hydrogen) atoms. The summed E-state index contributed by atoms with van der Waals surface area (Å²) in [5, 5.41) is 3.31. The molecule has 144 valence electrons. The van der Waals surface area contributed by atoms with Crippen molar-refractivity contribution in [3.63, 3.8) is 0 Å². The highest BCUT2D eigenvalue weighted by atomic mass is 19.1. The van der Waals surface area contributed by atoms with Gasteiger partial charge in [0.15, 0.2) is 0 Å². The van der Waals surface area contributed by atoms with Crippen LogP contribution in [-0.2, 0) is 15.9 Å². The number of carbonyl (C=O) groups is 2. The molecule has 8 heteroatoms. The molecule has 1 aromatic rings. The molecule has 1 N–H and O–H groups in total. The highest BCUT2D eigenvalue weighted by Gasteiger charge is 2.27. The van der Waals surface area contributed by atoms with Crippen LogP contribution in [0.25, 0.3) is 0 Å². The maximum Gasteiger partial charge on any atom is 0.410 e. The third kappa shape index (κ3) is 5.66. The summed E-state index contributed by atoms with van der Waals surface area (Å²) >= 11 is 0. The van der Waals surface area contributed by atoms with E-state index in [0.29, 0.717) is 32.5 Å². The number of hydrogen-bond acceptors (Lipinski definition) is 6. The van der Waals surface area contributed by atoms with Gasteiger partial charge in [0.1, 0.15) is 17.1 Å². The van der Waals surface area contributed by atoms with E-state index in [-0.39, 0.29) is 23.5 Å². The second-order valence-electron chi connectivity index (χ2n) is 7.23. The van der Waals surface area contributed by atoms with Gasteiger partial charge in [0, 0.05) is 25.7 Å². The molecule has 0 aromatic carbocycles. The summed E-state index contributed by atoms with van der Waals surface area (Å²) in [5.41, 5.74) is -0.251. The number of nitrogens with one attached hydrogen (secondary N) is 1. The van der Waals surface area contributed by atoms with Crippen molar-refractivity contribution < 1.29 is 23.5 Å². The number of halogens is 1. The van der Waals surface area contributed by atoms with E-state index in [1.165, 1.54) is 19.2 Å². The van der Waals surface area contributed by atoms with Crippen molar-refractivity contribution in [2.24, 2.45) is 0 Å². The van der Waals surface area contributed by atoms with Gasteiger partial charge < -0.3 is 19.7 Å². The van der Waals surface area contributed by atoms with Crippen LogP contribution >= 0.6 is 0 Å². The number of amides is 1. The van der Waals surface area contributed by atoms with Crippen LogP contribution in [-0.4, -0.2) is 60.3 Å². The van der Waals surface area contributed by atoms with E-state index in [1.807, 2.05) is 20.8 Å². The molecule has 2 rings (SSSR count). The maximum atomic E-state index is 14.0. The van der Waals surface area contributed by atoms with E-state index in [9.17, 15) is 14.0 Å². The minimum atomic E-state index is -0.599. The molecule has 0 unspecified atom stereocenters. The van der Waals surface area contributed by atoms with Gasteiger partial charge in [-0.15, -0.1) is 0 Å². The first kappa shape index (κ1) is 20.1. The van der Waals surface area contributed by atoms with Gasteiger partial charge in [-0.1, -0.05) is 0 Å². The summed E-state index contributed by atoms with van der Waals surface area (Å²) in [7, 11) is 1.25. The second-order valence-corrected chi connectivity index (χ2v) is 7.23. The molecule has 2 heterocycles. The molecule has 1 amide bonds. The number of pyridine rings is 1. The summed E-state index contributed by atoms with van der Waals surface area (Å²) in [6.07, 6.45) is 0.575. The second kappa shape index (κ2) is 8.44. The van der Waals surface area contributed by atoms with Crippen molar-refractivity contribution in [2.75, 3.05) is 26.7 Å². The molecule has 1 fully saturated rings. The third-order valence-electron chi connectivity index (χ3n) is 3.95. The van der Waals surface area contributed by atoms with Crippen LogP contribution < -0.4 is 5.32 Å². The average molecular weight is 367 g/mol. The fraction of sp³-hybridized carbons (Fsp3) is 0.611. The molecular formula is C18H26FN3O4. The number of carbonyl (C=O) groups excluding carboxylic acids is 2. The predicted octanol–water partition coefficient (Wildman–Crippen LogP) is 2.15. The lowest BCUT2D eigenvalue weighted by atomic mass is 10.1. The molecular weight excluding hydrogens is 341 g/mol. The number of aromatic nitrogens is 1. The van der Waals surface area contributed by atoms with Gasteiger partial charge in [-0.2, -0.15) is 0 Å². The Bertz CT molecular complexity index is 660. The highest BCUT2D eigenvalue weighted by Crippen LogP contribution is 2.15. The largest absolute Gasteiger partial charge is 0.464 e.